The molecular weight excluding hydrogens is 231 g/mol. The maximum atomic E-state index is 12.9. The predicted octanol–water partition coefficient (Wildman–Crippen LogP) is 1.86. The highest BCUT2D eigenvalue weighted by Crippen LogP contribution is 2.22. The van der Waals surface area contributed by atoms with Crippen molar-refractivity contribution in [1.29, 1.82) is 0 Å². The third-order valence-corrected chi connectivity index (χ3v) is 3.35. The molecule has 1 aromatic rings. The average Bonchev–Trinajstić information content (AvgIpc) is 2.24. The van der Waals surface area contributed by atoms with Crippen molar-refractivity contribution >= 4 is 5.91 Å². The van der Waals surface area contributed by atoms with Crippen LogP contribution in [0.2, 0.25) is 0 Å². The maximum Gasteiger partial charge on any atom is 0.226 e. The predicted molar refractivity (Wildman–Crippen MR) is 68.5 cm³/mol. The number of carbonyl (C=O) groups is 1. The van der Waals surface area contributed by atoms with Gasteiger partial charge in [-0.1, -0.05) is 26.0 Å². The van der Waals surface area contributed by atoms with Gasteiger partial charge in [-0.3, -0.25) is 4.79 Å². The smallest absolute Gasteiger partial charge is 0.226 e. The first-order valence-corrected chi connectivity index (χ1v) is 6.34. The van der Waals surface area contributed by atoms with Gasteiger partial charge < -0.3 is 10.6 Å². The van der Waals surface area contributed by atoms with Crippen LogP contribution in [0.3, 0.4) is 0 Å². The van der Waals surface area contributed by atoms with E-state index in [0.29, 0.717) is 0 Å². The molecule has 2 N–H and O–H groups in total. The topological polar surface area (TPSA) is 41.1 Å². The lowest BCUT2D eigenvalue weighted by molar-refractivity contribution is -0.127. The molecule has 1 saturated heterocycles. The fourth-order valence-corrected chi connectivity index (χ4v) is 2.05. The Morgan fingerprint density at radius 2 is 1.94 bits per heavy atom. The number of carbonyl (C=O) groups excluding carboxylic acids is 1. The number of nitrogens with one attached hydrogen (secondary N) is 2. The Morgan fingerprint density at radius 1 is 1.33 bits per heavy atom. The van der Waals surface area contributed by atoms with Gasteiger partial charge in [0.05, 0.1) is 12.0 Å². The van der Waals surface area contributed by atoms with Crippen LogP contribution >= 0.6 is 0 Å². The van der Waals surface area contributed by atoms with E-state index < -0.39 is 0 Å². The normalized spacial score (nSPS) is 17.3. The molecule has 1 fully saturated rings. The summed E-state index contributed by atoms with van der Waals surface area (Å²) >= 11 is 0. The Balaban J connectivity index is 2.07. The van der Waals surface area contributed by atoms with Gasteiger partial charge in [-0.05, 0) is 23.6 Å². The lowest BCUT2D eigenvalue weighted by Crippen LogP contribution is -2.51. The zero-order chi connectivity index (χ0) is 13.1. The second-order valence-electron chi connectivity index (χ2n) is 5.14. The fourth-order valence-electron chi connectivity index (χ4n) is 2.05. The molecule has 0 spiro atoms. The number of halogens is 1. The molecule has 0 aromatic heterocycles. The minimum absolute atomic E-state index is 0.0568. The molecule has 1 aromatic carbocycles. The molecule has 3 nitrogen and oxygen atoms in total. The lowest BCUT2D eigenvalue weighted by Gasteiger charge is -2.30. The first kappa shape index (κ1) is 13.0. The molecule has 1 aliphatic rings. The number of amides is 1. The summed E-state index contributed by atoms with van der Waals surface area (Å²) in [5.41, 5.74) is 0.951. The van der Waals surface area contributed by atoms with Gasteiger partial charge in [-0.25, -0.2) is 4.39 Å². The summed E-state index contributed by atoms with van der Waals surface area (Å²) in [7, 11) is 0. The van der Waals surface area contributed by atoms with Crippen LogP contribution in [0, 0.1) is 17.7 Å². The van der Waals surface area contributed by atoms with Crippen LogP contribution in [0.25, 0.3) is 0 Å². The quantitative estimate of drug-likeness (QED) is 0.856. The van der Waals surface area contributed by atoms with Crippen LogP contribution in [0.15, 0.2) is 24.3 Å². The maximum absolute atomic E-state index is 12.9. The van der Waals surface area contributed by atoms with Crippen molar-refractivity contribution in [3.05, 3.63) is 35.6 Å². The van der Waals surface area contributed by atoms with Crippen molar-refractivity contribution in [2.45, 2.75) is 19.9 Å². The molecule has 2 rings (SSSR count). The van der Waals surface area contributed by atoms with Gasteiger partial charge in [0.1, 0.15) is 5.82 Å². The van der Waals surface area contributed by atoms with Gasteiger partial charge in [0.25, 0.3) is 0 Å². The van der Waals surface area contributed by atoms with Crippen molar-refractivity contribution in [3.8, 4) is 0 Å². The largest absolute Gasteiger partial charge is 0.349 e. The minimum Gasteiger partial charge on any atom is -0.349 e. The third kappa shape index (κ3) is 2.88. The van der Waals surface area contributed by atoms with E-state index in [1.807, 2.05) is 13.8 Å². The van der Waals surface area contributed by atoms with E-state index in [-0.39, 0.29) is 29.6 Å². The molecule has 1 aliphatic heterocycles. The van der Waals surface area contributed by atoms with Crippen LogP contribution in [-0.2, 0) is 4.79 Å². The van der Waals surface area contributed by atoms with Crippen molar-refractivity contribution < 1.29 is 9.18 Å². The first-order chi connectivity index (χ1) is 8.58. The summed E-state index contributed by atoms with van der Waals surface area (Å²) in [6, 6.07) is 6.28. The standard InChI is InChI=1S/C14H19FN2O/c1-9(2)13(10-3-5-12(15)6-4-10)17-14(18)11-7-16-8-11/h3-6,9,11,13,16H,7-8H2,1-2H3,(H,17,18). The lowest BCUT2D eigenvalue weighted by atomic mass is 9.94. The number of hydrogen-bond acceptors (Lipinski definition) is 2. The highest BCUT2D eigenvalue weighted by molar-refractivity contribution is 5.80. The van der Waals surface area contributed by atoms with Gasteiger partial charge in [-0.15, -0.1) is 0 Å². The second-order valence-corrected chi connectivity index (χ2v) is 5.14. The van der Waals surface area contributed by atoms with Crippen LogP contribution in [0.5, 0.6) is 0 Å². The molecule has 0 radical (unpaired) electrons. The summed E-state index contributed by atoms with van der Waals surface area (Å²) in [5.74, 6) is 0.173. The summed E-state index contributed by atoms with van der Waals surface area (Å²) in [4.78, 5) is 12.0. The van der Waals surface area contributed by atoms with Crippen LogP contribution in [-0.4, -0.2) is 19.0 Å². The highest BCUT2D eigenvalue weighted by Gasteiger charge is 2.28. The zero-order valence-electron chi connectivity index (χ0n) is 10.7. The monoisotopic (exact) mass is 250 g/mol. The highest BCUT2D eigenvalue weighted by atomic mass is 19.1. The van der Waals surface area contributed by atoms with E-state index in [1.165, 1.54) is 12.1 Å². The van der Waals surface area contributed by atoms with Gasteiger partial charge in [-0.2, -0.15) is 0 Å². The summed E-state index contributed by atoms with van der Waals surface area (Å²) in [6.45, 7) is 5.60. The van der Waals surface area contributed by atoms with Crippen LogP contribution in [0.4, 0.5) is 4.39 Å². The van der Waals surface area contributed by atoms with Crippen molar-refractivity contribution in [2.24, 2.45) is 11.8 Å². The molecule has 1 heterocycles. The molecule has 1 unspecified atom stereocenters. The number of hydrogen-bond donors (Lipinski definition) is 2. The van der Waals surface area contributed by atoms with Gasteiger partial charge in [0, 0.05) is 13.1 Å². The molecule has 98 valence electrons. The van der Waals surface area contributed by atoms with Crippen LogP contribution in [0.1, 0.15) is 25.5 Å². The van der Waals surface area contributed by atoms with E-state index in [0.717, 1.165) is 18.7 Å². The Bertz CT molecular complexity index is 412. The molecule has 0 saturated carbocycles. The number of benzene rings is 1. The van der Waals surface area contributed by atoms with Gasteiger partial charge in [0.15, 0.2) is 0 Å². The van der Waals surface area contributed by atoms with Crippen LogP contribution < -0.4 is 10.6 Å². The van der Waals surface area contributed by atoms with Gasteiger partial charge in [0.2, 0.25) is 5.91 Å². The van der Waals surface area contributed by atoms with E-state index >= 15 is 0 Å². The zero-order valence-corrected chi connectivity index (χ0v) is 10.7. The first-order valence-electron chi connectivity index (χ1n) is 6.34. The molecule has 18 heavy (non-hydrogen) atoms. The summed E-state index contributed by atoms with van der Waals surface area (Å²) < 4.78 is 12.9. The third-order valence-electron chi connectivity index (χ3n) is 3.35. The van der Waals surface area contributed by atoms with Crippen molar-refractivity contribution in [2.75, 3.05) is 13.1 Å². The Hall–Kier alpha value is -1.42. The number of rotatable bonds is 4. The van der Waals surface area contributed by atoms with Gasteiger partial charge >= 0.3 is 0 Å². The van der Waals surface area contributed by atoms with Crippen molar-refractivity contribution in [1.82, 2.24) is 10.6 Å². The SMILES string of the molecule is CC(C)C(NC(=O)C1CNC1)c1ccc(F)cc1. The molecule has 1 amide bonds. The van der Waals surface area contributed by atoms with E-state index in [2.05, 4.69) is 10.6 Å². The molecule has 4 heteroatoms. The van der Waals surface area contributed by atoms with Crippen molar-refractivity contribution in [3.63, 3.8) is 0 Å². The van der Waals surface area contributed by atoms with E-state index in [4.69, 9.17) is 0 Å². The summed E-state index contributed by atoms with van der Waals surface area (Å²) in [5, 5.41) is 6.13. The molecule has 0 aliphatic carbocycles. The van der Waals surface area contributed by atoms with E-state index in [1.54, 1.807) is 12.1 Å². The molecular formula is C14H19FN2O. The Labute approximate surface area is 107 Å². The Morgan fingerprint density at radius 3 is 2.39 bits per heavy atom. The minimum atomic E-state index is -0.254. The summed E-state index contributed by atoms with van der Waals surface area (Å²) in [6.07, 6.45) is 0. The Kier molecular flexibility index (Phi) is 3.97. The second kappa shape index (κ2) is 5.48. The molecule has 0 bridgehead atoms. The van der Waals surface area contributed by atoms with E-state index in [9.17, 15) is 9.18 Å². The fraction of sp³-hybridized carbons (Fsp3) is 0.500. The average molecular weight is 250 g/mol. The molecule has 1 atom stereocenters.